The number of hydrogen-bond acceptors (Lipinski definition) is 4. The van der Waals surface area contributed by atoms with E-state index in [4.69, 9.17) is 4.55 Å². The van der Waals surface area contributed by atoms with Crippen molar-refractivity contribution in [2.45, 2.75) is 0 Å². The van der Waals surface area contributed by atoms with Crippen LogP contribution in [0.15, 0.2) is 0 Å². The number of hydrogen-bond donors (Lipinski definition) is 1. The zero-order chi connectivity index (χ0) is 13.5. The van der Waals surface area contributed by atoms with Gasteiger partial charge in [-0.15, -0.1) is 0 Å². The van der Waals surface area contributed by atoms with Crippen molar-refractivity contribution in [3.8, 4) is 0 Å². The Morgan fingerprint density at radius 2 is 1.47 bits per heavy atom. The predicted molar refractivity (Wildman–Crippen MR) is 64.9 cm³/mol. The van der Waals surface area contributed by atoms with Crippen molar-refractivity contribution in [1.82, 2.24) is 0 Å². The van der Waals surface area contributed by atoms with Crippen molar-refractivity contribution >= 4 is 20.0 Å². The fourth-order valence-corrected chi connectivity index (χ4v) is 4.75. The zero-order valence-corrected chi connectivity index (χ0v) is 12.0. The summed E-state index contributed by atoms with van der Waals surface area (Å²) >= 11 is 0. The molecule has 2 unspecified atom stereocenters. The van der Waals surface area contributed by atoms with E-state index in [1.54, 1.807) is 0 Å². The van der Waals surface area contributed by atoms with E-state index in [0.29, 0.717) is 17.6 Å². The average molecular weight is 286 g/mol. The third-order valence-electron chi connectivity index (χ3n) is 3.07. The van der Waals surface area contributed by atoms with Crippen LogP contribution in [0.1, 0.15) is 0 Å². The van der Waals surface area contributed by atoms with Crippen LogP contribution in [0.3, 0.4) is 0 Å². The summed E-state index contributed by atoms with van der Waals surface area (Å²) in [5.74, 6) is -0.874. The third-order valence-corrected chi connectivity index (χ3v) is 4.95. The van der Waals surface area contributed by atoms with Gasteiger partial charge in [0.2, 0.25) is 0 Å². The second-order valence-electron chi connectivity index (χ2n) is 5.66. The Balaban J connectivity index is 2.86. The Hall–Kier alpha value is -0.180. The molecule has 102 valence electrons. The first-order valence-electron chi connectivity index (χ1n) is 5.33. The molecule has 1 rings (SSSR count). The second-order valence-corrected chi connectivity index (χ2v) is 9.34. The summed E-state index contributed by atoms with van der Waals surface area (Å²) in [6, 6.07) is 0. The van der Waals surface area contributed by atoms with Crippen molar-refractivity contribution in [2.75, 3.05) is 44.9 Å². The Labute approximate surface area is 103 Å². The monoisotopic (exact) mass is 286 g/mol. The highest BCUT2D eigenvalue weighted by molar-refractivity contribution is 7.90. The van der Waals surface area contributed by atoms with Gasteiger partial charge < -0.3 is 4.48 Å². The smallest absolute Gasteiger partial charge is 0.265 e. The van der Waals surface area contributed by atoms with Gasteiger partial charge in [-0.25, -0.2) is 8.42 Å². The Morgan fingerprint density at radius 1 is 1.06 bits per heavy atom. The lowest BCUT2D eigenvalue weighted by molar-refractivity contribution is -0.880. The van der Waals surface area contributed by atoms with Gasteiger partial charge in [0.1, 0.15) is 9.84 Å². The van der Waals surface area contributed by atoms with Gasteiger partial charge in [-0.3, -0.25) is 4.55 Å². The molecule has 0 amide bonds. The Morgan fingerprint density at radius 3 is 1.82 bits per heavy atom. The standard InChI is InChI=1S/C9H19NO5S2/c1-10(2)4-8(6-16(3,11)12)9(5-10)7-17(13,14)15/h8-9H,4-7H2,1-3H3/p+1. The number of quaternary nitrogens is 1. The van der Waals surface area contributed by atoms with E-state index in [0.717, 1.165) is 6.26 Å². The number of likely N-dealkylation sites (tertiary alicyclic amines) is 1. The molecular weight excluding hydrogens is 266 g/mol. The van der Waals surface area contributed by atoms with E-state index in [1.807, 2.05) is 14.1 Å². The van der Waals surface area contributed by atoms with E-state index in [2.05, 4.69) is 0 Å². The van der Waals surface area contributed by atoms with Crippen LogP contribution in [0.25, 0.3) is 0 Å². The molecule has 8 heteroatoms. The molecule has 6 nitrogen and oxygen atoms in total. The summed E-state index contributed by atoms with van der Waals surface area (Å²) in [4.78, 5) is 0. The van der Waals surface area contributed by atoms with Gasteiger partial charge >= 0.3 is 0 Å². The van der Waals surface area contributed by atoms with Crippen LogP contribution in [0, 0.1) is 11.8 Å². The summed E-state index contributed by atoms with van der Waals surface area (Å²) in [7, 11) is -3.32. The van der Waals surface area contributed by atoms with E-state index < -0.39 is 20.0 Å². The maximum atomic E-state index is 11.3. The topological polar surface area (TPSA) is 88.5 Å². The molecule has 1 aliphatic heterocycles. The second kappa shape index (κ2) is 4.49. The maximum Gasteiger partial charge on any atom is 0.265 e. The predicted octanol–water partition coefficient (Wildman–Crippen LogP) is -0.759. The first-order chi connectivity index (χ1) is 7.38. The molecule has 1 heterocycles. The van der Waals surface area contributed by atoms with E-state index in [1.165, 1.54) is 0 Å². The summed E-state index contributed by atoms with van der Waals surface area (Å²) in [6.45, 7) is 1.19. The Kier molecular flexibility index (Phi) is 3.93. The quantitative estimate of drug-likeness (QED) is 0.542. The van der Waals surface area contributed by atoms with Gasteiger partial charge in [0.15, 0.2) is 0 Å². The SMILES string of the molecule is C[N+]1(C)CC(CS(C)(=O)=O)C(CS(=O)(=O)O)C1. The van der Waals surface area contributed by atoms with Crippen molar-refractivity contribution in [1.29, 1.82) is 0 Å². The van der Waals surface area contributed by atoms with Crippen LogP contribution in [-0.4, -0.2) is 70.8 Å². The van der Waals surface area contributed by atoms with Crippen molar-refractivity contribution in [3.63, 3.8) is 0 Å². The molecular formula is C9H20NO5S2+. The lowest BCUT2D eigenvalue weighted by Crippen LogP contribution is -2.37. The lowest BCUT2D eigenvalue weighted by Gasteiger charge is -2.23. The molecule has 2 atom stereocenters. The third kappa shape index (κ3) is 5.33. The number of rotatable bonds is 4. The highest BCUT2D eigenvalue weighted by atomic mass is 32.2. The van der Waals surface area contributed by atoms with E-state index in [9.17, 15) is 16.8 Å². The maximum absolute atomic E-state index is 11.3. The van der Waals surface area contributed by atoms with Gasteiger partial charge in [-0.05, 0) is 0 Å². The van der Waals surface area contributed by atoms with Gasteiger partial charge in [0.05, 0.1) is 38.7 Å². The molecule has 0 aromatic carbocycles. The highest BCUT2D eigenvalue weighted by Crippen LogP contribution is 2.29. The average Bonchev–Trinajstić information content (AvgIpc) is 2.17. The molecule has 0 aromatic rings. The van der Waals surface area contributed by atoms with Crippen molar-refractivity contribution in [3.05, 3.63) is 0 Å². The molecule has 17 heavy (non-hydrogen) atoms. The van der Waals surface area contributed by atoms with Gasteiger partial charge in [-0.1, -0.05) is 0 Å². The fraction of sp³-hybridized carbons (Fsp3) is 1.00. The van der Waals surface area contributed by atoms with Crippen LogP contribution in [0.4, 0.5) is 0 Å². The van der Waals surface area contributed by atoms with E-state index >= 15 is 0 Å². The fourth-order valence-electron chi connectivity index (χ4n) is 2.68. The van der Waals surface area contributed by atoms with Gasteiger partial charge in [-0.2, -0.15) is 8.42 Å². The molecule has 0 radical (unpaired) electrons. The van der Waals surface area contributed by atoms with Crippen LogP contribution in [0.5, 0.6) is 0 Å². The zero-order valence-electron chi connectivity index (χ0n) is 10.3. The van der Waals surface area contributed by atoms with Crippen LogP contribution < -0.4 is 0 Å². The minimum Gasteiger partial charge on any atom is -0.328 e. The molecule has 0 bridgehead atoms. The summed E-state index contributed by atoms with van der Waals surface area (Å²) < 4.78 is 53.9. The molecule has 0 aromatic heterocycles. The van der Waals surface area contributed by atoms with Crippen LogP contribution in [0.2, 0.25) is 0 Å². The number of nitrogens with zero attached hydrogens (tertiary/aromatic N) is 1. The van der Waals surface area contributed by atoms with E-state index in [-0.39, 0.29) is 23.3 Å². The minimum atomic E-state index is -4.05. The number of sulfone groups is 1. The molecule has 0 spiro atoms. The minimum absolute atomic E-state index is 0.0190. The normalized spacial score (nSPS) is 29.4. The summed E-state index contributed by atoms with van der Waals surface area (Å²) in [6.07, 6.45) is 1.15. The van der Waals surface area contributed by atoms with Crippen LogP contribution in [-0.2, 0) is 20.0 Å². The molecule has 0 saturated carbocycles. The first-order valence-corrected chi connectivity index (χ1v) is 9.00. The van der Waals surface area contributed by atoms with Crippen molar-refractivity contribution in [2.24, 2.45) is 11.8 Å². The molecule has 1 fully saturated rings. The molecule has 1 N–H and O–H groups in total. The molecule has 1 saturated heterocycles. The first kappa shape index (κ1) is 14.9. The summed E-state index contributed by atoms with van der Waals surface area (Å²) in [5.41, 5.74) is 0. The Bertz CT molecular complexity index is 436. The van der Waals surface area contributed by atoms with Crippen LogP contribution >= 0.6 is 0 Å². The van der Waals surface area contributed by atoms with Gasteiger partial charge in [0, 0.05) is 18.1 Å². The summed E-state index contributed by atoms with van der Waals surface area (Å²) in [5, 5.41) is 0. The van der Waals surface area contributed by atoms with Crippen molar-refractivity contribution < 1.29 is 25.9 Å². The molecule has 0 aliphatic carbocycles. The largest absolute Gasteiger partial charge is 0.328 e. The lowest BCUT2D eigenvalue weighted by atomic mass is 10.0. The molecule has 1 aliphatic rings. The highest BCUT2D eigenvalue weighted by Gasteiger charge is 2.43. The van der Waals surface area contributed by atoms with Gasteiger partial charge in [0.25, 0.3) is 10.1 Å².